The molecule has 0 aliphatic carbocycles. The maximum atomic E-state index is 13.4. The Morgan fingerprint density at radius 2 is 2.00 bits per heavy atom. The van der Waals surface area contributed by atoms with Crippen molar-refractivity contribution in [3.8, 4) is 5.75 Å². The predicted octanol–water partition coefficient (Wildman–Crippen LogP) is 4.74. The molecule has 0 saturated heterocycles. The van der Waals surface area contributed by atoms with Crippen LogP contribution in [0.2, 0.25) is 0 Å². The summed E-state index contributed by atoms with van der Waals surface area (Å²) in [4.78, 5) is 2.36. The first-order valence-corrected chi connectivity index (χ1v) is 7.90. The van der Waals surface area contributed by atoms with Gasteiger partial charge in [-0.1, -0.05) is 20.8 Å². The lowest BCUT2D eigenvalue weighted by Gasteiger charge is -2.29. The van der Waals surface area contributed by atoms with E-state index in [2.05, 4.69) is 26.8 Å². The number of hydrogen-bond donors (Lipinski definition) is 1. The molecule has 1 aromatic heterocycles. The summed E-state index contributed by atoms with van der Waals surface area (Å²) in [5.41, 5.74) is 0.764. The first-order valence-electron chi connectivity index (χ1n) is 7.09. The maximum absolute atomic E-state index is 13.4. The summed E-state index contributed by atoms with van der Waals surface area (Å²) in [6, 6.07) is 8.46. The van der Waals surface area contributed by atoms with Crippen molar-refractivity contribution in [1.82, 2.24) is 0 Å². The smallest absolute Gasteiger partial charge is 0.136 e. The van der Waals surface area contributed by atoms with Gasteiger partial charge in [-0.25, -0.2) is 4.39 Å². The van der Waals surface area contributed by atoms with E-state index in [9.17, 15) is 9.50 Å². The number of halogens is 1. The lowest BCUT2D eigenvalue weighted by atomic mass is 9.95. The van der Waals surface area contributed by atoms with Crippen LogP contribution in [0.3, 0.4) is 0 Å². The topological polar surface area (TPSA) is 29.5 Å². The van der Waals surface area contributed by atoms with Crippen molar-refractivity contribution < 1.29 is 14.2 Å². The Labute approximate surface area is 128 Å². The van der Waals surface area contributed by atoms with E-state index in [0.717, 1.165) is 4.88 Å². The molecule has 1 unspecified atom stereocenters. The third-order valence-electron chi connectivity index (χ3n) is 3.72. The molecule has 2 heterocycles. The number of hydrogen-bond acceptors (Lipinski definition) is 3. The highest BCUT2D eigenvalue weighted by Gasteiger charge is 2.30. The van der Waals surface area contributed by atoms with Crippen LogP contribution in [0.5, 0.6) is 5.75 Å². The van der Waals surface area contributed by atoms with Crippen molar-refractivity contribution in [3.05, 3.63) is 51.5 Å². The molecule has 0 radical (unpaired) electrons. The number of thiophene rings is 1. The van der Waals surface area contributed by atoms with E-state index < -0.39 is 6.10 Å². The molecule has 2 atom stereocenters. The third kappa shape index (κ3) is 2.83. The van der Waals surface area contributed by atoms with Crippen molar-refractivity contribution in [2.45, 2.75) is 44.8 Å². The van der Waals surface area contributed by atoms with E-state index in [1.807, 2.05) is 6.07 Å². The summed E-state index contributed by atoms with van der Waals surface area (Å²) >= 11 is 1.70. The van der Waals surface area contributed by atoms with Gasteiger partial charge in [0.1, 0.15) is 17.7 Å². The molecule has 0 amide bonds. The van der Waals surface area contributed by atoms with Crippen LogP contribution in [0.1, 0.15) is 54.7 Å². The van der Waals surface area contributed by atoms with Crippen molar-refractivity contribution in [2.75, 3.05) is 0 Å². The zero-order valence-electron chi connectivity index (χ0n) is 12.4. The number of aliphatic hydroxyl groups is 1. The molecular weight excluding hydrogens is 287 g/mol. The van der Waals surface area contributed by atoms with Crippen LogP contribution in [0.4, 0.5) is 4.39 Å². The molecule has 1 aromatic carbocycles. The first kappa shape index (κ1) is 14.5. The second-order valence-corrected chi connectivity index (χ2v) is 7.61. The third-order valence-corrected chi connectivity index (χ3v) is 5.33. The fraction of sp³-hybridized carbons (Fsp3) is 0.412. The van der Waals surface area contributed by atoms with Crippen LogP contribution in [0, 0.1) is 5.82 Å². The molecule has 0 bridgehead atoms. The van der Waals surface area contributed by atoms with Crippen molar-refractivity contribution in [2.24, 2.45) is 0 Å². The van der Waals surface area contributed by atoms with E-state index in [4.69, 9.17) is 4.74 Å². The van der Waals surface area contributed by atoms with Crippen molar-refractivity contribution in [3.63, 3.8) is 0 Å². The minimum absolute atomic E-state index is 0.0974. The highest BCUT2D eigenvalue weighted by Crippen LogP contribution is 2.43. The average molecular weight is 306 g/mol. The molecule has 3 rings (SSSR count). The Hall–Kier alpha value is -1.39. The Kier molecular flexibility index (Phi) is 3.54. The molecule has 4 heteroatoms. The molecule has 0 fully saturated rings. The fourth-order valence-electron chi connectivity index (χ4n) is 2.52. The fourth-order valence-corrected chi connectivity index (χ4v) is 3.63. The van der Waals surface area contributed by atoms with Gasteiger partial charge in [-0.2, -0.15) is 0 Å². The normalized spacial score (nSPS) is 21.8. The average Bonchev–Trinajstić information content (AvgIpc) is 2.87. The number of fused-ring (bicyclic) bond motifs is 1. The number of ether oxygens (including phenoxy) is 1. The first-order chi connectivity index (χ1) is 9.84. The maximum Gasteiger partial charge on any atom is 0.136 e. The van der Waals surface area contributed by atoms with Gasteiger partial charge in [-0.3, -0.25) is 0 Å². The van der Waals surface area contributed by atoms with Crippen LogP contribution in [0.25, 0.3) is 0 Å². The van der Waals surface area contributed by atoms with Gasteiger partial charge in [-0.05, 0) is 29.7 Å². The molecule has 112 valence electrons. The number of rotatable bonds is 1. The molecule has 2 aromatic rings. The van der Waals surface area contributed by atoms with Crippen LogP contribution in [-0.4, -0.2) is 5.11 Å². The van der Waals surface area contributed by atoms with E-state index in [-0.39, 0.29) is 17.3 Å². The second-order valence-electron chi connectivity index (χ2n) is 6.49. The quantitative estimate of drug-likeness (QED) is 0.824. The van der Waals surface area contributed by atoms with E-state index in [0.29, 0.717) is 17.7 Å². The second kappa shape index (κ2) is 5.11. The summed E-state index contributed by atoms with van der Waals surface area (Å²) in [6.07, 6.45) is -0.321. The number of aliphatic hydroxyl groups excluding tert-OH is 1. The van der Waals surface area contributed by atoms with E-state index in [1.54, 1.807) is 17.4 Å². The molecule has 0 saturated carbocycles. The molecule has 2 nitrogen and oxygen atoms in total. The molecule has 1 N–H and O–H groups in total. The molecule has 1 aliphatic rings. The van der Waals surface area contributed by atoms with Crippen LogP contribution in [0.15, 0.2) is 30.3 Å². The van der Waals surface area contributed by atoms with Crippen LogP contribution >= 0.6 is 11.3 Å². The Morgan fingerprint density at radius 1 is 1.24 bits per heavy atom. The zero-order chi connectivity index (χ0) is 15.2. The standard InChI is InChI=1S/C17H19FO2S/c1-17(2,3)16-7-6-15(21-16)14-9-12(19)11-5-4-10(18)8-13(11)20-14/h4-8,12,14,19H,9H2,1-3H3/t12-,14?/m0/s1. The summed E-state index contributed by atoms with van der Waals surface area (Å²) in [7, 11) is 0. The Bertz CT molecular complexity index is 657. The van der Waals surface area contributed by atoms with Gasteiger partial charge in [0.05, 0.1) is 6.10 Å². The van der Waals surface area contributed by atoms with Crippen molar-refractivity contribution in [1.29, 1.82) is 0 Å². The zero-order valence-corrected chi connectivity index (χ0v) is 13.2. The molecular formula is C17H19FO2S. The van der Waals surface area contributed by atoms with Gasteiger partial charge in [-0.15, -0.1) is 11.3 Å². The SMILES string of the molecule is CC(C)(C)c1ccc(C2C[C@H](O)c3ccc(F)cc3O2)s1. The van der Waals surface area contributed by atoms with Gasteiger partial charge in [0.15, 0.2) is 0 Å². The van der Waals surface area contributed by atoms with E-state index >= 15 is 0 Å². The monoisotopic (exact) mass is 306 g/mol. The molecule has 1 aliphatic heterocycles. The number of benzene rings is 1. The summed E-state index contributed by atoms with van der Waals surface area (Å²) < 4.78 is 19.3. The van der Waals surface area contributed by atoms with Gasteiger partial charge < -0.3 is 9.84 Å². The van der Waals surface area contributed by atoms with Gasteiger partial charge >= 0.3 is 0 Å². The lowest BCUT2D eigenvalue weighted by molar-refractivity contribution is 0.0671. The van der Waals surface area contributed by atoms with Crippen LogP contribution < -0.4 is 4.74 Å². The minimum atomic E-state index is -0.612. The van der Waals surface area contributed by atoms with Crippen molar-refractivity contribution >= 4 is 11.3 Å². The summed E-state index contributed by atoms with van der Waals surface area (Å²) in [6.45, 7) is 6.51. The summed E-state index contributed by atoms with van der Waals surface area (Å²) in [5.74, 6) is 0.104. The lowest BCUT2D eigenvalue weighted by Crippen LogP contribution is -2.18. The largest absolute Gasteiger partial charge is 0.484 e. The van der Waals surface area contributed by atoms with Gasteiger partial charge in [0, 0.05) is 27.8 Å². The van der Waals surface area contributed by atoms with Gasteiger partial charge in [0.25, 0.3) is 0 Å². The summed E-state index contributed by atoms with van der Waals surface area (Å²) in [5, 5.41) is 10.3. The molecule has 0 spiro atoms. The van der Waals surface area contributed by atoms with E-state index in [1.165, 1.54) is 17.0 Å². The highest BCUT2D eigenvalue weighted by atomic mass is 32.1. The Balaban J connectivity index is 1.90. The predicted molar refractivity (Wildman–Crippen MR) is 82.4 cm³/mol. The minimum Gasteiger partial charge on any atom is -0.484 e. The van der Waals surface area contributed by atoms with Crippen LogP contribution in [-0.2, 0) is 5.41 Å². The highest BCUT2D eigenvalue weighted by molar-refractivity contribution is 7.12. The molecule has 21 heavy (non-hydrogen) atoms. The van der Waals surface area contributed by atoms with Gasteiger partial charge in [0.2, 0.25) is 0 Å². The Morgan fingerprint density at radius 3 is 2.67 bits per heavy atom.